The monoisotopic (exact) mass is 447 g/mol. The quantitative estimate of drug-likeness (QED) is 0.563. The van der Waals surface area contributed by atoms with Gasteiger partial charge in [-0.15, -0.1) is 11.3 Å². The zero-order valence-corrected chi connectivity index (χ0v) is 17.7. The molecule has 2 rings (SSSR count). The third-order valence-electron chi connectivity index (χ3n) is 3.42. The average Bonchev–Trinajstić information content (AvgIpc) is 3.11. The summed E-state index contributed by atoms with van der Waals surface area (Å²) in [6.45, 7) is 0.330. The molecule has 146 valence electrons. The summed E-state index contributed by atoms with van der Waals surface area (Å²) in [5.41, 5.74) is 0.337. The smallest absolute Gasteiger partial charge is 0.273 e. The first kappa shape index (κ1) is 21.4. The van der Waals surface area contributed by atoms with Crippen molar-refractivity contribution < 1.29 is 17.9 Å². The number of benzene rings is 1. The van der Waals surface area contributed by atoms with E-state index in [1.807, 2.05) is 0 Å². The first-order valence-electron chi connectivity index (χ1n) is 7.72. The van der Waals surface area contributed by atoms with Crippen LogP contribution in [0.4, 0.5) is 0 Å². The lowest BCUT2D eigenvalue weighted by atomic mass is 10.2. The third-order valence-corrected chi connectivity index (χ3v) is 7.08. The molecule has 0 spiro atoms. The molecular formula is C16H18ClN3O4S3. The number of carbonyl (C=O) groups excluding carboxylic acids is 1. The van der Waals surface area contributed by atoms with Crippen LogP contribution in [0.25, 0.3) is 0 Å². The van der Waals surface area contributed by atoms with Crippen molar-refractivity contribution in [2.75, 3.05) is 20.7 Å². The Kier molecular flexibility index (Phi) is 7.42. The van der Waals surface area contributed by atoms with Crippen molar-refractivity contribution in [3.63, 3.8) is 0 Å². The fourth-order valence-electron chi connectivity index (χ4n) is 2.11. The van der Waals surface area contributed by atoms with Gasteiger partial charge >= 0.3 is 0 Å². The van der Waals surface area contributed by atoms with E-state index in [1.54, 1.807) is 18.2 Å². The van der Waals surface area contributed by atoms with E-state index in [0.29, 0.717) is 29.3 Å². The Hall–Kier alpha value is -1.88. The SMILES string of the molecule is CNC(=S)NS(=O)(=O)c1ccc(CCNC(=O)c2cc(Cl)ccc2OC)s1. The zero-order valence-electron chi connectivity index (χ0n) is 14.5. The van der Waals surface area contributed by atoms with Gasteiger partial charge in [-0.1, -0.05) is 11.6 Å². The Balaban J connectivity index is 1.97. The van der Waals surface area contributed by atoms with Crippen molar-refractivity contribution in [1.29, 1.82) is 0 Å². The van der Waals surface area contributed by atoms with Crippen LogP contribution in [0.15, 0.2) is 34.5 Å². The lowest BCUT2D eigenvalue weighted by Crippen LogP contribution is -2.36. The van der Waals surface area contributed by atoms with Gasteiger partial charge in [0.2, 0.25) is 0 Å². The van der Waals surface area contributed by atoms with Crippen LogP contribution in [-0.2, 0) is 16.4 Å². The minimum Gasteiger partial charge on any atom is -0.496 e. The highest BCUT2D eigenvalue weighted by Crippen LogP contribution is 2.23. The van der Waals surface area contributed by atoms with Crippen molar-refractivity contribution in [2.45, 2.75) is 10.6 Å². The predicted octanol–water partition coefficient (Wildman–Crippen LogP) is 2.17. The zero-order chi connectivity index (χ0) is 20.0. The molecule has 0 aliphatic heterocycles. The molecule has 7 nitrogen and oxygen atoms in total. The Labute approximate surface area is 172 Å². The number of hydrogen-bond donors (Lipinski definition) is 3. The molecule has 0 atom stereocenters. The van der Waals surface area contributed by atoms with Crippen LogP contribution < -0.4 is 20.1 Å². The third kappa shape index (κ3) is 5.80. The molecule has 0 fully saturated rings. The largest absolute Gasteiger partial charge is 0.496 e. The number of amides is 1. The molecule has 0 aliphatic rings. The first-order chi connectivity index (χ1) is 12.8. The molecule has 2 aromatic rings. The first-order valence-corrected chi connectivity index (χ1v) is 10.8. The fraction of sp³-hybridized carbons (Fsp3) is 0.250. The number of thiophene rings is 1. The number of rotatable bonds is 7. The fourth-order valence-corrected chi connectivity index (χ4v) is 4.93. The van der Waals surface area contributed by atoms with Crippen molar-refractivity contribution in [2.24, 2.45) is 0 Å². The van der Waals surface area contributed by atoms with Gasteiger partial charge in [0.1, 0.15) is 9.96 Å². The van der Waals surface area contributed by atoms with E-state index < -0.39 is 10.0 Å². The molecule has 0 bridgehead atoms. The lowest BCUT2D eigenvalue weighted by Gasteiger charge is -2.09. The number of carbonyl (C=O) groups is 1. The molecule has 3 N–H and O–H groups in total. The van der Waals surface area contributed by atoms with E-state index in [1.165, 1.54) is 26.3 Å². The molecule has 1 aromatic heterocycles. The summed E-state index contributed by atoms with van der Waals surface area (Å²) in [5, 5.41) is 5.78. The summed E-state index contributed by atoms with van der Waals surface area (Å²) in [6.07, 6.45) is 0.477. The molecule has 11 heteroatoms. The van der Waals surface area contributed by atoms with Gasteiger partial charge in [-0.2, -0.15) is 0 Å². The Morgan fingerprint density at radius 1 is 1.30 bits per heavy atom. The summed E-state index contributed by atoms with van der Waals surface area (Å²) in [7, 11) is -0.699. The minimum atomic E-state index is -3.70. The van der Waals surface area contributed by atoms with Crippen molar-refractivity contribution in [1.82, 2.24) is 15.4 Å². The molecule has 0 unspecified atom stereocenters. The second kappa shape index (κ2) is 9.36. The van der Waals surface area contributed by atoms with Gasteiger partial charge in [-0.25, -0.2) is 8.42 Å². The van der Waals surface area contributed by atoms with E-state index in [-0.39, 0.29) is 15.2 Å². The van der Waals surface area contributed by atoms with Crippen LogP contribution in [0.2, 0.25) is 5.02 Å². The molecule has 1 amide bonds. The van der Waals surface area contributed by atoms with Crippen LogP contribution in [0.3, 0.4) is 0 Å². The molecule has 27 heavy (non-hydrogen) atoms. The van der Waals surface area contributed by atoms with Gasteiger partial charge in [0.05, 0.1) is 12.7 Å². The maximum atomic E-state index is 12.3. The van der Waals surface area contributed by atoms with Gasteiger partial charge in [0, 0.05) is 23.5 Å². The van der Waals surface area contributed by atoms with Gasteiger partial charge in [-0.05, 0) is 49.0 Å². The van der Waals surface area contributed by atoms with Crippen LogP contribution in [0, 0.1) is 0 Å². The summed E-state index contributed by atoms with van der Waals surface area (Å²) < 4.78 is 31.9. The molecule has 0 aliphatic carbocycles. The highest BCUT2D eigenvalue weighted by Gasteiger charge is 2.18. The normalized spacial score (nSPS) is 10.9. The second-order valence-electron chi connectivity index (χ2n) is 5.26. The highest BCUT2D eigenvalue weighted by molar-refractivity contribution is 7.93. The topological polar surface area (TPSA) is 96.5 Å². The number of halogens is 1. The Bertz CT molecular complexity index is 944. The molecular weight excluding hydrogens is 430 g/mol. The van der Waals surface area contributed by atoms with Gasteiger partial charge in [0.15, 0.2) is 5.11 Å². The average molecular weight is 448 g/mol. The number of hydrogen-bond acceptors (Lipinski definition) is 6. The van der Waals surface area contributed by atoms with E-state index in [2.05, 4.69) is 15.4 Å². The van der Waals surface area contributed by atoms with Crippen molar-refractivity contribution in [3.05, 3.63) is 45.8 Å². The van der Waals surface area contributed by atoms with Gasteiger partial charge in [0.25, 0.3) is 15.9 Å². The van der Waals surface area contributed by atoms with E-state index in [9.17, 15) is 13.2 Å². The number of thiocarbonyl (C=S) groups is 1. The van der Waals surface area contributed by atoms with Gasteiger partial charge < -0.3 is 15.4 Å². The van der Waals surface area contributed by atoms with Crippen LogP contribution in [0.5, 0.6) is 5.75 Å². The van der Waals surface area contributed by atoms with E-state index in [0.717, 1.165) is 16.2 Å². The molecule has 0 saturated carbocycles. The minimum absolute atomic E-state index is 0.0210. The van der Waals surface area contributed by atoms with Crippen molar-refractivity contribution in [3.8, 4) is 5.75 Å². The second-order valence-corrected chi connectivity index (χ2v) is 9.18. The standard InChI is InChI=1S/C16H18ClN3O4S3/c1-18-16(25)20-27(22,23)14-6-4-11(26-14)7-8-19-15(21)12-9-10(17)3-5-13(12)24-2/h3-6,9H,7-8H2,1-2H3,(H,19,21)(H2,18,20,25). The number of ether oxygens (including phenoxy) is 1. The summed E-state index contributed by atoms with van der Waals surface area (Å²) in [5.74, 6) is 0.104. The molecule has 0 radical (unpaired) electrons. The highest BCUT2D eigenvalue weighted by atomic mass is 35.5. The predicted molar refractivity (Wildman–Crippen MR) is 110 cm³/mol. The van der Waals surface area contributed by atoms with Crippen LogP contribution >= 0.6 is 35.2 Å². The summed E-state index contributed by atoms with van der Waals surface area (Å²) in [4.78, 5) is 13.1. The van der Waals surface area contributed by atoms with Crippen LogP contribution in [-0.4, -0.2) is 40.1 Å². The Morgan fingerprint density at radius 3 is 2.70 bits per heavy atom. The molecule has 0 saturated heterocycles. The Morgan fingerprint density at radius 2 is 2.04 bits per heavy atom. The van der Waals surface area contributed by atoms with Gasteiger partial charge in [-0.3, -0.25) is 9.52 Å². The summed E-state index contributed by atoms with van der Waals surface area (Å²) >= 11 is 11.9. The maximum Gasteiger partial charge on any atom is 0.273 e. The molecule has 1 aromatic carbocycles. The van der Waals surface area contributed by atoms with E-state index in [4.69, 9.17) is 28.6 Å². The number of methoxy groups -OCH3 is 1. The number of sulfonamides is 1. The maximum absolute atomic E-state index is 12.3. The van der Waals surface area contributed by atoms with Crippen LogP contribution in [0.1, 0.15) is 15.2 Å². The van der Waals surface area contributed by atoms with E-state index >= 15 is 0 Å². The summed E-state index contributed by atoms with van der Waals surface area (Å²) in [6, 6.07) is 7.99. The lowest BCUT2D eigenvalue weighted by molar-refractivity contribution is 0.0951. The number of nitrogens with one attached hydrogen (secondary N) is 3. The van der Waals surface area contributed by atoms with Crippen molar-refractivity contribution >= 4 is 56.2 Å². The molecule has 1 heterocycles.